The summed E-state index contributed by atoms with van der Waals surface area (Å²) >= 11 is 0. The van der Waals surface area contributed by atoms with Crippen molar-refractivity contribution in [2.75, 3.05) is 5.75 Å². The second-order valence-corrected chi connectivity index (χ2v) is 8.08. The predicted octanol–water partition coefficient (Wildman–Crippen LogP) is 4.86. The lowest BCUT2D eigenvalue weighted by atomic mass is 10.1. The Morgan fingerprint density at radius 1 is 0.875 bits per heavy atom. The van der Waals surface area contributed by atoms with E-state index in [4.69, 9.17) is 0 Å². The molecule has 0 spiro atoms. The molecule has 0 unspecified atom stereocenters. The van der Waals surface area contributed by atoms with Gasteiger partial charge in [0, 0.05) is 0 Å². The van der Waals surface area contributed by atoms with Crippen LogP contribution in [0.25, 0.3) is 0 Å². The largest absolute Gasteiger partial charge is 0.247 e. The van der Waals surface area contributed by atoms with Crippen LogP contribution in [0.2, 0.25) is 0 Å². The standard InChI is InChI=1S/C19H32N2O2S/c1-2-3-4-5-6-7-8-9-10-14-17-24(22,23)21-20-18-19-15-12-11-13-16-19/h11-13,15-16,18,21H,2-10,14,17H2,1H3. The zero-order valence-electron chi connectivity index (χ0n) is 14.9. The van der Waals surface area contributed by atoms with E-state index in [1.54, 1.807) is 0 Å². The van der Waals surface area contributed by atoms with Crippen LogP contribution in [0.3, 0.4) is 0 Å². The van der Waals surface area contributed by atoms with Crippen molar-refractivity contribution < 1.29 is 8.42 Å². The second-order valence-electron chi connectivity index (χ2n) is 6.26. The molecule has 0 saturated carbocycles. The summed E-state index contributed by atoms with van der Waals surface area (Å²) in [5.41, 5.74) is 0.874. The van der Waals surface area contributed by atoms with E-state index in [2.05, 4.69) is 16.9 Å². The number of hydrogen-bond donors (Lipinski definition) is 1. The molecular formula is C19H32N2O2S. The third kappa shape index (κ3) is 11.2. The van der Waals surface area contributed by atoms with Crippen molar-refractivity contribution in [3.63, 3.8) is 0 Å². The van der Waals surface area contributed by atoms with Gasteiger partial charge in [0.1, 0.15) is 0 Å². The second kappa shape index (κ2) is 13.0. The molecule has 24 heavy (non-hydrogen) atoms. The minimum Gasteiger partial charge on any atom is -0.205 e. The van der Waals surface area contributed by atoms with Gasteiger partial charge in [0.05, 0.1) is 12.0 Å². The molecule has 0 bridgehead atoms. The lowest BCUT2D eigenvalue weighted by molar-refractivity contribution is 0.555. The maximum atomic E-state index is 11.8. The Morgan fingerprint density at radius 3 is 2.00 bits per heavy atom. The molecule has 0 atom stereocenters. The van der Waals surface area contributed by atoms with Crippen molar-refractivity contribution >= 4 is 16.2 Å². The first-order chi connectivity index (χ1) is 11.6. The van der Waals surface area contributed by atoms with Gasteiger partial charge in [-0.25, -0.2) is 13.2 Å². The first-order valence-electron chi connectivity index (χ1n) is 9.21. The van der Waals surface area contributed by atoms with Crippen molar-refractivity contribution in [3.05, 3.63) is 35.9 Å². The topological polar surface area (TPSA) is 58.5 Å². The van der Waals surface area contributed by atoms with Crippen LogP contribution in [0.4, 0.5) is 0 Å². The molecule has 1 aromatic carbocycles. The summed E-state index contributed by atoms with van der Waals surface area (Å²) in [4.78, 5) is 2.28. The first-order valence-corrected chi connectivity index (χ1v) is 10.9. The number of hydrogen-bond acceptors (Lipinski definition) is 3. The number of unbranched alkanes of at least 4 members (excludes halogenated alkanes) is 9. The van der Waals surface area contributed by atoms with Crippen LogP contribution in [-0.2, 0) is 10.0 Å². The van der Waals surface area contributed by atoms with Crippen LogP contribution in [0.5, 0.6) is 0 Å². The number of nitrogens with zero attached hydrogens (tertiary/aromatic N) is 1. The number of hydrazone groups is 1. The van der Waals surface area contributed by atoms with E-state index in [1.807, 2.05) is 30.3 Å². The average molecular weight is 353 g/mol. The molecule has 1 N–H and O–H groups in total. The summed E-state index contributed by atoms with van der Waals surface area (Å²) in [7, 11) is -3.31. The van der Waals surface area contributed by atoms with Gasteiger partial charge in [0.2, 0.25) is 10.0 Å². The fraction of sp³-hybridized carbons (Fsp3) is 0.632. The number of nitrogens with one attached hydrogen (secondary N) is 1. The Labute approximate surface area is 147 Å². The molecular weight excluding hydrogens is 320 g/mol. The van der Waals surface area contributed by atoms with Gasteiger partial charge in [-0.3, -0.25) is 0 Å². The lowest BCUT2D eigenvalue weighted by Crippen LogP contribution is -2.21. The molecule has 0 saturated heterocycles. The number of benzene rings is 1. The maximum Gasteiger partial charge on any atom is 0.247 e. The monoisotopic (exact) mass is 352 g/mol. The van der Waals surface area contributed by atoms with E-state index < -0.39 is 10.0 Å². The third-order valence-electron chi connectivity index (χ3n) is 3.97. The Morgan fingerprint density at radius 2 is 1.42 bits per heavy atom. The van der Waals surface area contributed by atoms with Gasteiger partial charge < -0.3 is 0 Å². The molecule has 0 aromatic heterocycles. The highest BCUT2D eigenvalue weighted by Crippen LogP contribution is 2.10. The normalized spacial score (nSPS) is 11.9. The highest BCUT2D eigenvalue weighted by molar-refractivity contribution is 7.89. The van der Waals surface area contributed by atoms with Crippen molar-refractivity contribution in [2.24, 2.45) is 5.10 Å². The van der Waals surface area contributed by atoms with E-state index >= 15 is 0 Å². The van der Waals surface area contributed by atoms with E-state index in [-0.39, 0.29) is 5.75 Å². The SMILES string of the molecule is CCCCCCCCCCCCS(=O)(=O)NN=Cc1ccccc1. The molecule has 0 aliphatic carbocycles. The van der Waals surface area contributed by atoms with Crippen LogP contribution >= 0.6 is 0 Å². The zero-order chi connectivity index (χ0) is 17.5. The van der Waals surface area contributed by atoms with Gasteiger partial charge in [-0.15, -0.1) is 0 Å². The molecule has 0 aliphatic rings. The smallest absolute Gasteiger partial charge is 0.205 e. The van der Waals surface area contributed by atoms with Gasteiger partial charge in [0.15, 0.2) is 0 Å². The van der Waals surface area contributed by atoms with Crippen molar-refractivity contribution in [1.29, 1.82) is 0 Å². The molecule has 0 fully saturated rings. The first kappa shape index (κ1) is 20.7. The summed E-state index contributed by atoms with van der Waals surface area (Å²) < 4.78 is 23.7. The van der Waals surface area contributed by atoms with Crippen LogP contribution < -0.4 is 4.83 Å². The van der Waals surface area contributed by atoms with Gasteiger partial charge in [-0.2, -0.15) is 5.10 Å². The fourth-order valence-corrected chi connectivity index (χ4v) is 3.43. The molecule has 5 heteroatoms. The third-order valence-corrected chi connectivity index (χ3v) is 5.18. The van der Waals surface area contributed by atoms with Crippen LogP contribution in [0.15, 0.2) is 35.4 Å². The van der Waals surface area contributed by atoms with Crippen molar-refractivity contribution in [2.45, 2.75) is 71.1 Å². The molecule has 0 heterocycles. The van der Waals surface area contributed by atoms with E-state index in [9.17, 15) is 8.42 Å². The minimum atomic E-state index is -3.31. The molecule has 4 nitrogen and oxygen atoms in total. The summed E-state index contributed by atoms with van der Waals surface area (Å²) in [5, 5.41) is 3.81. The summed E-state index contributed by atoms with van der Waals surface area (Å²) in [6, 6.07) is 9.44. The highest BCUT2D eigenvalue weighted by Gasteiger charge is 2.07. The van der Waals surface area contributed by atoms with Crippen molar-refractivity contribution in [1.82, 2.24) is 4.83 Å². The lowest BCUT2D eigenvalue weighted by Gasteiger charge is -2.04. The summed E-state index contributed by atoms with van der Waals surface area (Å²) in [6.45, 7) is 2.23. The summed E-state index contributed by atoms with van der Waals surface area (Å²) in [5.74, 6) is 0.148. The fourth-order valence-electron chi connectivity index (χ4n) is 2.55. The Balaban J connectivity index is 2.04. The Kier molecular flexibility index (Phi) is 11.2. The van der Waals surface area contributed by atoms with Gasteiger partial charge in [0.25, 0.3) is 0 Å². The van der Waals surface area contributed by atoms with E-state index in [0.29, 0.717) is 6.42 Å². The molecule has 0 radical (unpaired) electrons. The maximum absolute atomic E-state index is 11.8. The Bertz CT molecular complexity index is 542. The highest BCUT2D eigenvalue weighted by atomic mass is 32.2. The van der Waals surface area contributed by atoms with Gasteiger partial charge >= 0.3 is 0 Å². The van der Waals surface area contributed by atoms with Gasteiger partial charge in [-0.1, -0.05) is 95.0 Å². The quantitative estimate of drug-likeness (QED) is 0.295. The molecule has 0 amide bonds. The van der Waals surface area contributed by atoms with Crippen LogP contribution in [0, 0.1) is 0 Å². The average Bonchev–Trinajstić information content (AvgIpc) is 2.57. The number of rotatable bonds is 14. The van der Waals surface area contributed by atoms with Crippen molar-refractivity contribution in [3.8, 4) is 0 Å². The predicted molar refractivity (Wildman–Crippen MR) is 103 cm³/mol. The van der Waals surface area contributed by atoms with E-state index in [1.165, 1.54) is 51.2 Å². The van der Waals surface area contributed by atoms with Gasteiger partial charge in [-0.05, 0) is 12.0 Å². The molecule has 0 aliphatic heterocycles. The molecule has 1 aromatic rings. The number of sulfonamides is 1. The minimum absolute atomic E-state index is 0.148. The molecule has 1 rings (SSSR count). The molecule has 136 valence electrons. The Hall–Kier alpha value is -1.36. The summed E-state index contributed by atoms with van der Waals surface area (Å²) in [6.07, 6.45) is 13.4. The van der Waals surface area contributed by atoms with E-state index in [0.717, 1.165) is 18.4 Å². The zero-order valence-corrected chi connectivity index (χ0v) is 15.7. The van der Waals surface area contributed by atoms with Crippen LogP contribution in [-0.4, -0.2) is 20.4 Å². The van der Waals surface area contributed by atoms with Crippen LogP contribution in [0.1, 0.15) is 76.7 Å².